The van der Waals surface area contributed by atoms with Crippen molar-refractivity contribution in [3.63, 3.8) is 0 Å². The average molecular weight is 288 g/mol. The van der Waals surface area contributed by atoms with Gasteiger partial charge in [0.2, 0.25) is 0 Å². The molecule has 0 saturated heterocycles. The number of fused-ring (bicyclic) bond motifs is 1. The highest BCUT2D eigenvalue weighted by molar-refractivity contribution is 6.09. The maximum atomic E-state index is 12.4. The molecule has 1 aromatic carbocycles. The maximum Gasteiger partial charge on any atom is 0.340 e. The molecule has 2 aromatic rings. The fraction of sp³-hybridized carbons (Fsp3) is 0.375. The minimum Gasteiger partial charge on any atom is -0.465 e. The topological polar surface area (TPSA) is 51.5 Å². The molecule has 0 spiro atoms. The molecule has 5 heteroatoms. The van der Waals surface area contributed by atoms with E-state index < -0.39 is 5.97 Å². The first-order valence-electron chi connectivity index (χ1n) is 6.71. The van der Waals surface area contributed by atoms with Crippen LogP contribution in [0, 0.1) is 20.8 Å². The summed E-state index contributed by atoms with van der Waals surface area (Å²) >= 11 is 0. The third kappa shape index (κ3) is 2.28. The Labute approximate surface area is 124 Å². The van der Waals surface area contributed by atoms with Crippen molar-refractivity contribution in [2.45, 2.75) is 20.8 Å². The summed E-state index contributed by atoms with van der Waals surface area (Å²) in [6.45, 7) is 5.73. The van der Waals surface area contributed by atoms with Crippen molar-refractivity contribution in [1.29, 1.82) is 0 Å². The van der Waals surface area contributed by atoms with Crippen molar-refractivity contribution in [2.75, 3.05) is 21.2 Å². The molecule has 0 aliphatic heterocycles. The summed E-state index contributed by atoms with van der Waals surface area (Å²) in [5.74, 6) is -0.425. The van der Waals surface area contributed by atoms with Gasteiger partial charge < -0.3 is 9.64 Å². The van der Waals surface area contributed by atoms with E-state index >= 15 is 0 Å². The predicted octanol–water partition coefficient (Wildman–Crippen LogP) is 2.88. The summed E-state index contributed by atoms with van der Waals surface area (Å²) in [4.78, 5) is 26.0. The fourth-order valence-electron chi connectivity index (χ4n) is 2.48. The standard InChI is InChI=1S/C16H20N2O3/c1-9-7-12-13(8-10(9)2)18(16(20)17(4)5)11(3)14(12)15(19)21-6/h7-8H,1-6H3. The molecular weight excluding hydrogens is 268 g/mol. The summed E-state index contributed by atoms with van der Waals surface area (Å²) in [6.07, 6.45) is 0. The SMILES string of the molecule is COC(=O)c1c(C)n(C(=O)N(C)C)c2cc(C)c(C)cc12. The molecule has 0 atom stereocenters. The number of rotatable bonds is 1. The molecule has 5 nitrogen and oxygen atoms in total. The van der Waals surface area contributed by atoms with Gasteiger partial charge in [-0.3, -0.25) is 4.57 Å². The first-order chi connectivity index (χ1) is 9.79. The number of hydrogen-bond donors (Lipinski definition) is 0. The van der Waals surface area contributed by atoms with Crippen LogP contribution >= 0.6 is 0 Å². The molecule has 0 saturated carbocycles. The van der Waals surface area contributed by atoms with E-state index in [1.54, 1.807) is 25.6 Å². The van der Waals surface area contributed by atoms with Crippen LogP contribution in [0.1, 0.15) is 27.2 Å². The molecule has 0 aliphatic carbocycles. The van der Waals surface area contributed by atoms with Gasteiger partial charge in [-0.1, -0.05) is 0 Å². The molecule has 1 amide bonds. The van der Waals surface area contributed by atoms with Crippen molar-refractivity contribution in [3.05, 3.63) is 34.5 Å². The normalized spacial score (nSPS) is 10.8. The lowest BCUT2D eigenvalue weighted by molar-refractivity contribution is 0.0602. The molecule has 0 aliphatic rings. The monoisotopic (exact) mass is 288 g/mol. The van der Waals surface area contributed by atoms with Gasteiger partial charge in [0.1, 0.15) is 0 Å². The third-order valence-corrected chi connectivity index (χ3v) is 3.78. The second-order valence-corrected chi connectivity index (χ2v) is 5.42. The van der Waals surface area contributed by atoms with E-state index in [1.807, 2.05) is 26.0 Å². The van der Waals surface area contributed by atoms with E-state index in [1.165, 1.54) is 12.0 Å². The Bertz CT molecular complexity index is 742. The van der Waals surface area contributed by atoms with Crippen LogP contribution in [0.15, 0.2) is 12.1 Å². The quantitative estimate of drug-likeness (QED) is 0.758. The number of esters is 1. The molecule has 0 fully saturated rings. The minimum atomic E-state index is -0.425. The lowest BCUT2D eigenvalue weighted by Gasteiger charge is -2.14. The number of nitrogens with zero attached hydrogens (tertiary/aromatic N) is 2. The fourth-order valence-corrected chi connectivity index (χ4v) is 2.48. The highest BCUT2D eigenvalue weighted by Gasteiger charge is 2.24. The van der Waals surface area contributed by atoms with Gasteiger partial charge in [0.05, 0.1) is 18.2 Å². The van der Waals surface area contributed by atoms with E-state index in [4.69, 9.17) is 4.74 Å². The van der Waals surface area contributed by atoms with Gasteiger partial charge in [-0.05, 0) is 44.0 Å². The second-order valence-electron chi connectivity index (χ2n) is 5.42. The summed E-state index contributed by atoms with van der Waals surface area (Å²) < 4.78 is 6.44. The highest BCUT2D eigenvalue weighted by atomic mass is 16.5. The van der Waals surface area contributed by atoms with E-state index in [-0.39, 0.29) is 6.03 Å². The Morgan fingerprint density at radius 2 is 1.67 bits per heavy atom. The molecule has 0 unspecified atom stereocenters. The minimum absolute atomic E-state index is 0.184. The number of methoxy groups -OCH3 is 1. The van der Waals surface area contributed by atoms with Crippen molar-refractivity contribution >= 4 is 22.9 Å². The van der Waals surface area contributed by atoms with Gasteiger partial charge in [0.15, 0.2) is 0 Å². The van der Waals surface area contributed by atoms with Gasteiger partial charge in [-0.15, -0.1) is 0 Å². The molecule has 1 heterocycles. The van der Waals surface area contributed by atoms with Gasteiger partial charge in [0, 0.05) is 25.2 Å². The van der Waals surface area contributed by atoms with Gasteiger partial charge in [-0.25, -0.2) is 9.59 Å². The zero-order valence-corrected chi connectivity index (χ0v) is 13.3. The summed E-state index contributed by atoms with van der Waals surface area (Å²) in [6, 6.07) is 3.69. The van der Waals surface area contributed by atoms with E-state index in [0.29, 0.717) is 11.3 Å². The van der Waals surface area contributed by atoms with Crippen molar-refractivity contribution in [1.82, 2.24) is 9.47 Å². The second kappa shape index (κ2) is 5.24. The Morgan fingerprint density at radius 3 is 2.19 bits per heavy atom. The number of aryl methyl sites for hydroxylation is 2. The lowest BCUT2D eigenvalue weighted by Crippen LogP contribution is -2.28. The Morgan fingerprint density at radius 1 is 1.10 bits per heavy atom. The molecule has 112 valence electrons. The summed E-state index contributed by atoms with van der Waals surface area (Å²) in [5, 5.41) is 0.748. The van der Waals surface area contributed by atoms with Crippen LogP contribution in [0.2, 0.25) is 0 Å². The van der Waals surface area contributed by atoms with E-state index in [0.717, 1.165) is 22.0 Å². The van der Waals surface area contributed by atoms with Crippen molar-refractivity contribution in [2.24, 2.45) is 0 Å². The zero-order valence-electron chi connectivity index (χ0n) is 13.3. The molecule has 2 rings (SSSR count). The zero-order chi connectivity index (χ0) is 15.9. The summed E-state index contributed by atoms with van der Waals surface area (Å²) in [7, 11) is 4.72. The maximum absolute atomic E-state index is 12.4. The van der Waals surface area contributed by atoms with Crippen LogP contribution in [-0.4, -0.2) is 42.7 Å². The first-order valence-corrected chi connectivity index (χ1v) is 6.71. The highest BCUT2D eigenvalue weighted by Crippen LogP contribution is 2.29. The van der Waals surface area contributed by atoms with E-state index in [9.17, 15) is 9.59 Å². The third-order valence-electron chi connectivity index (χ3n) is 3.78. The number of carbonyl (C=O) groups is 2. The number of aromatic nitrogens is 1. The van der Waals surface area contributed by atoms with Gasteiger partial charge >= 0.3 is 12.0 Å². The van der Waals surface area contributed by atoms with Crippen LogP contribution in [-0.2, 0) is 4.74 Å². The average Bonchev–Trinajstić information content (AvgIpc) is 2.69. The van der Waals surface area contributed by atoms with Gasteiger partial charge in [-0.2, -0.15) is 0 Å². The number of amides is 1. The number of carbonyl (C=O) groups excluding carboxylic acids is 2. The predicted molar refractivity (Wildman–Crippen MR) is 82.0 cm³/mol. The largest absolute Gasteiger partial charge is 0.465 e. The number of hydrogen-bond acceptors (Lipinski definition) is 3. The van der Waals surface area contributed by atoms with Crippen molar-refractivity contribution < 1.29 is 14.3 Å². The molecule has 0 radical (unpaired) electrons. The van der Waals surface area contributed by atoms with Gasteiger partial charge in [0.25, 0.3) is 0 Å². The van der Waals surface area contributed by atoms with Crippen LogP contribution < -0.4 is 0 Å². The Balaban J connectivity index is 2.92. The Kier molecular flexibility index (Phi) is 3.77. The lowest BCUT2D eigenvalue weighted by atomic mass is 10.0. The summed E-state index contributed by atoms with van der Waals surface area (Å²) in [5.41, 5.74) is 3.92. The smallest absolute Gasteiger partial charge is 0.340 e. The van der Waals surface area contributed by atoms with Crippen LogP contribution in [0.4, 0.5) is 4.79 Å². The van der Waals surface area contributed by atoms with Crippen molar-refractivity contribution in [3.8, 4) is 0 Å². The molecule has 0 N–H and O–H groups in total. The first kappa shape index (κ1) is 15.1. The molecule has 1 aromatic heterocycles. The molecular formula is C16H20N2O3. The van der Waals surface area contributed by atoms with E-state index in [2.05, 4.69) is 0 Å². The molecule has 21 heavy (non-hydrogen) atoms. The number of benzene rings is 1. The molecule has 0 bridgehead atoms. The van der Waals surface area contributed by atoms with Crippen LogP contribution in [0.3, 0.4) is 0 Å². The van der Waals surface area contributed by atoms with Crippen LogP contribution in [0.5, 0.6) is 0 Å². The number of ether oxygens (including phenoxy) is 1. The Hall–Kier alpha value is -2.30. The van der Waals surface area contributed by atoms with Crippen LogP contribution in [0.25, 0.3) is 10.9 Å².